The molecular weight excluding hydrogens is 180 g/mol. The molecule has 0 aliphatic rings. The zero-order valence-electron chi connectivity index (χ0n) is 5.95. The Kier molecular flexibility index (Phi) is 2.40. The van der Waals surface area contributed by atoms with Gasteiger partial charge >= 0.3 is 0 Å². The lowest BCUT2D eigenvalue weighted by Gasteiger charge is -1.94. The molecule has 0 bridgehead atoms. The second-order valence-corrected chi connectivity index (χ2v) is 2.52. The van der Waals surface area contributed by atoms with Gasteiger partial charge in [0.2, 0.25) is 0 Å². The van der Waals surface area contributed by atoms with Crippen LogP contribution in [0.1, 0.15) is 10.4 Å². The van der Waals surface area contributed by atoms with Crippen LogP contribution in [0.4, 0.5) is 0 Å². The van der Waals surface area contributed by atoms with E-state index in [1.165, 1.54) is 18.5 Å². The first-order valence-electron chi connectivity index (χ1n) is 3.06. The van der Waals surface area contributed by atoms with E-state index in [0.717, 1.165) is 0 Å². The minimum atomic E-state index is -1.01. The van der Waals surface area contributed by atoms with Crippen LogP contribution in [0.25, 0.3) is 0 Å². The van der Waals surface area contributed by atoms with Gasteiger partial charge < -0.3 is 5.73 Å². The maximum absolute atomic E-state index is 10.9. The van der Waals surface area contributed by atoms with Crippen molar-refractivity contribution in [1.29, 1.82) is 0 Å². The summed E-state index contributed by atoms with van der Waals surface area (Å²) in [5.74, 6) is -1.80. The molecule has 0 aromatic carbocycles. The molecule has 1 amide bonds. The number of rotatable bonds is 2. The second-order valence-electron chi connectivity index (χ2n) is 2.09. The Morgan fingerprint density at radius 2 is 2.08 bits per heavy atom. The molecule has 1 rings (SSSR count). The van der Waals surface area contributed by atoms with Crippen molar-refractivity contribution in [2.24, 2.45) is 5.73 Å². The van der Waals surface area contributed by atoms with E-state index in [0.29, 0.717) is 5.02 Å². The summed E-state index contributed by atoms with van der Waals surface area (Å²) in [6, 6.07) is 1.33. The van der Waals surface area contributed by atoms with Gasteiger partial charge in [-0.05, 0) is 6.07 Å². The third kappa shape index (κ3) is 1.79. The first-order chi connectivity index (χ1) is 5.61. The van der Waals surface area contributed by atoms with Crippen LogP contribution in [0, 0.1) is 0 Å². The SMILES string of the molecule is NC(=O)C(=O)c1cncc(Cl)c1. The summed E-state index contributed by atoms with van der Waals surface area (Å²) < 4.78 is 0. The molecule has 1 heterocycles. The number of carbonyl (C=O) groups excluding carboxylic acids is 2. The van der Waals surface area contributed by atoms with Gasteiger partial charge in [0.1, 0.15) is 0 Å². The van der Waals surface area contributed by atoms with Crippen molar-refractivity contribution in [3.63, 3.8) is 0 Å². The molecule has 12 heavy (non-hydrogen) atoms. The Morgan fingerprint density at radius 3 is 2.58 bits per heavy atom. The van der Waals surface area contributed by atoms with E-state index in [1.54, 1.807) is 0 Å². The first kappa shape index (κ1) is 8.67. The lowest BCUT2D eigenvalue weighted by atomic mass is 10.2. The van der Waals surface area contributed by atoms with E-state index < -0.39 is 11.7 Å². The largest absolute Gasteiger partial charge is 0.363 e. The van der Waals surface area contributed by atoms with Crippen molar-refractivity contribution in [2.45, 2.75) is 0 Å². The third-order valence-corrected chi connectivity index (χ3v) is 1.40. The summed E-state index contributed by atoms with van der Waals surface area (Å²) in [7, 11) is 0. The van der Waals surface area contributed by atoms with Crippen molar-refractivity contribution in [2.75, 3.05) is 0 Å². The van der Waals surface area contributed by atoms with Crippen molar-refractivity contribution in [3.05, 3.63) is 29.0 Å². The Balaban J connectivity index is 3.04. The Hall–Kier alpha value is -1.42. The van der Waals surface area contributed by atoms with Crippen molar-refractivity contribution >= 4 is 23.3 Å². The number of ketones is 1. The van der Waals surface area contributed by atoms with Crippen LogP contribution in [0.15, 0.2) is 18.5 Å². The molecule has 62 valence electrons. The molecule has 0 aliphatic heterocycles. The van der Waals surface area contributed by atoms with Crippen LogP contribution < -0.4 is 5.73 Å². The van der Waals surface area contributed by atoms with Gasteiger partial charge in [0.15, 0.2) is 0 Å². The minimum Gasteiger partial charge on any atom is -0.363 e. The predicted octanol–water partition coefficient (Wildman–Crippen LogP) is 0.403. The number of pyridine rings is 1. The zero-order valence-corrected chi connectivity index (χ0v) is 6.71. The molecular formula is C7H5ClN2O2. The third-order valence-electron chi connectivity index (χ3n) is 1.19. The highest BCUT2D eigenvalue weighted by Crippen LogP contribution is 2.08. The summed E-state index contributed by atoms with van der Waals surface area (Å²) in [6.07, 6.45) is 2.60. The first-order valence-corrected chi connectivity index (χ1v) is 3.43. The number of Topliss-reactive ketones (excluding diaryl/α,β-unsaturated/α-hetero) is 1. The second kappa shape index (κ2) is 3.32. The number of primary amides is 1. The quantitative estimate of drug-likeness (QED) is 0.534. The summed E-state index contributed by atoms with van der Waals surface area (Å²) in [5.41, 5.74) is 4.87. The van der Waals surface area contributed by atoms with Gasteiger partial charge in [-0.2, -0.15) is 0 Å². The van der Waals surface area contributed by atoms with Gasteiger partial charge in [-0.15, -0.1) is 0 Å². The van der Waals surface area contributed by atoms with Crippen LogP contribution in [0.2, 0.25) is 5.02 Å². The average molecular weight is 185 g/mol. The average Bonchev–Trinajstić information content (AvgIpc) is 2.03. The Labute approximate surface area is 73.3 Å². The fourth-order valence-corrected chi connectivity index (χ4v) is 0.852. The fraction of sp³-hybridized carbons (Fsp3) is 0. The lowest BCUT2D eigenvalue weighted by molar-refractivity contribution is -0.114. The highest BCUT2D eigenvalue weighted by atomic mass is 35.5. The Morgan fingerprint density at radius 1 is 1.42 bits per heavy atom. The van der Waals surface area contributed by atoms with Gasteiger partial charge in [0.25, 0.3) is 11.7 Å². The van der Waals surface area contributed by atoms with Gasteiger partial charge in [-0.25, -0.2) is 0 Å². The number of nitrogens with zero attached hydrogens (tertiary/aromatic N) is 1. The van der Waals surface area contributed by atoms with Gasteiger partial charge in [0.05, 0.1) is 5.02 Å². The number of hydrogen-bond donors (Lipinski definition) is 1. The number of hydrogen-bond acceptors (Lipinski definition) is 3. The number of aromatic nitrogens is 1. The summed E-state index contributed by atoms with van der Waals surface area (Å²) in [6.45, 7) is 0. The molecule has 0 spiro atoms. The van der Waals surface area contributed by atoms with Crippen molar-refractivity contribution in [1.82, 2.24) is 4.98 Å². The van der Waals surface area contributed by atoms with Gasteiger partial charge in [0, 0.05) is 18.0 Å². The van der Waals surface area contributed by atoms with Crippen LogP contribution in [0.5, 0.6) is 0 Å². The smallest absolute Gasteiger partial charge is 0.289 e. The van der Waals surface area contributed by atoms with E-state index in [2.05, 4.69) is 4.98 Å². The molecule has 0 aliphatic carbocycles. The van der Waals surface area contributed by atoms with E-state index >= 15 is 0 Å². The maximum atomic E-state index is 10.9. The van der Waals surface area contributed by atoms with Crippen molar-refractivity contribution in [3.8, 4) is 0 Å². The molecule has 5 heteroatoms. The predicted molar refractivity (Wildman–Crippen MR) is 42.8 cm³/mol. The summed E-state index contributed by atoms with van der Waals surface area (Å²) in [5, 5.41) is 0.294. The number of nitrogens with two attached hydrogens (primary N) is 1. The maximum Gasteiger partial charge on any atom is 0.289 e. The highest BCUT2D eigenvalue weighted by molar-refractivity contribution is 6.42. The topological polar surface area (TPSA) is 73.1 Å². The molecule has 4 nitrogen and oxygen atoms in total. The van der Waals surface area contributed by atoms with Gasteiger partial charge in [-0.3, -0.25) is 14.6 Å². The highest BCUT2D eigenvalue weighted by Gasteiger charge is 2.12. The normalized spacial score (nSPS) is 9.42. The van der Waals surface area contributed by atoms with E-state index in [-0.39, 0.29) is 5.56 Å². The summed E-state index contributed by atoms with van der Waals surface area (Å²) >= 11 is 5.53. The molecule has 1 aromatic heterocycles. The molecule has 0 saturated heterocycles. The van der Waals surface area contributed by atoms with Crippen LogP contribution in [-0.2, 0) is 4.79 Å². The fourth-order valence-electron chi connectivity index (χ4n) is 0.678. The molecule has 0 radical (unpaired) electrons. The van der Waals surface area contributed by atoms with Crippen LogP contribution >= 0.6 is 11.6 Å². The number of halogens is 1. The number of amides is 1. The van der Waals surface area contributed by atoms with Crippen LogP contribution in [-0.4, -0.2) is 16.7 Å². The Bertz CT molecular complexity index is 338. The van der Waals surface area contributed by atoms with E-state index in [4.69, 9.17) is 17.3 Å². The lowest BCUT2D eigenvalue weighted by Crippen LogP contribution is -2.23. The van der Waals surface area contributed by atoms with Crippen molar-refractivity contribution < 1.29 is 9.59 Å². The minimum absolute atomic E-state index is 0.106. The molecule has 0 unspecified atom stereocenters. The summed E-state index contributed by atoms with van der Waals surface area (Å²) in [4.78, 5) is 25.0. The molecule has 0 fully saturated rings. The van der Waals surface area contributed by atoms with Gasteiger partial charge in [-0.1, -0.05) is 11.6 Å². The standard InChI is InChI=1S/C7H5ClN2O2/c8-5-1-4(2-10-3-5)6(11)7(9)12/h1-3H,(H2,9,12). The monoisotopic (exact) mass is 184 g/mol. The van der Waals surface area contributed by atoms with E-state index in [1.807, 2.05) is 0 Å². The van der Waals surface area contributed by atoms with Crippen LogP contribution in [0.3, 0.4) is 0 Å². The number of carbonyl (C=O) groups is 2. The molecule has 0 saturated carbocycles. The van der Waals surface area contributed by atoms with E-state index in [9.17, 15) is 9.59 Å². The molecule has 2 N–H and O–H groups in total. The molecule has 0 atom stereocenters. The molecule has 1 aromatic rings. The zero-order chi connectivity index (χ0) is 9.14.